The van der Waals surface area contributed by atoms with Gasteiger partial charge in [-0.05, 0) is 70.9 Å². The van der Waals surface area contributed by atoms with Crippen molar-refractivity contribution in [2.24, 2.45) is 23.7 Å². The van der Waals surface area contributed by atoms with Crippen LogP contribution in [0, 0.1) is 23.7 Å². The zero-order valence-corrected chi connectivity index (χ0v) is 32.8. The van der Waals surface area contributed by atoms with Crippen molar-refractivity contribution in [1.29, 1.82) is 0 Å². The van der Waals surface area contributed by atoms with E-state index in [9.17, 15) is 14.4 Å². The van der Waals surface area contributed by atoms with Crippen LogP contribution in [0.1, 0.15) is 68.7 Å². The fourth-order valence-electron chi connectivity index (χ4n) is 9.21. The van der Waals surface area contributed by atoms with E-state index in [0.29, 0.717) is 37.2 Å². The summed E-state index contributed by atoms with van der Waals surface area (Å²) in [6.45, 7) is 4.65. The highest BCUT2D eigenvalue weighted by molar-refractivity contribution is 5.86. The molecule has 4 heterocycles. The molecule has 5 aromatic rings. The summed E-state index contributed by atoms with van der Waals surface area (Å²) in [6, 6.07) is 19.5. The molecule has 0 radical (unpaired) electrons. The van der Waals surface area contributed by atoms with Crippen molar-refractivity contribution in [2.75, 3.05) is 20.8 Å². The number of hydrogen-bond donors (Lipinski definition) is 4. The van der Waals surface area contributed by atoms with Crippen LogP contribution in [0.15, 0.2) is 85.5 Å². The zero-order valence-electron chi connectivity index (χ0n) is 32.8. The molecule has 296 valence electrons. The fourth-order valence-corrected chi connectivity index (χ4v) is 9.21. The predicted molar refractivity (Wildman–Crippen MR) is 214 cm³/mol. The Hall–Kier alpha value is -5.82. The molecule has 13 nitrogen and oxygen atoms in total. The first kappa shape index (κ1) is 38.1. The molecule has 3 fully saturated rings. The van der Waals surface area contributed by atoms with Crippen molar-refractivity contribution in [3.63, 3.8) is 0 Å². The second kappa shape index (κ2) is 16.3. The second-order valence-electron chi connectivity index (χ2n) is 15.9. The van der Waals surface area contributed by atoms with E-state index >= 15 is 0 Å². The number of carbonyl (C=O) groups is 3. The lowest BCUT2D eigenvalue weighted by Gasteiger charge is -2.29. The van der Waals surface area contributed by atoms with Crippen LogP contribution in [0.5, 0.6) is 0 Å². The largest absolute Gasteiger partial charge is 0.453 e. The van der Waals surface area contributed by atoms with Crippen molar-refractivity contribution in [3.05, 3.63) is 103 Å². The molecule has 1 saturated heterocycles. The standard InChI is InChI=1S/C44H50N8O5/c1-25(2)39(51-44(55)57-4)43(54)52-24-33(56-3)19-36(52)40-46-22-34(49-40)29-11-7-27(8-12-29)28-9-13-30(14-10-28)35-23-47-41(50-35)37-31-15-16-32(18-31)38(37)42(53)48-21-26-6-5-17-45-20-26/h5-14,17,20,22-23,25,31-33,36-39H,15-16,18-19,21,24H2,1-4H3,(H,46,49)(H,47,50)(H,48,53)(H,51,55)/t31?,32?,33-,36?,37-,38-,39-/m0/s1. The third-order valence-corrected chi connectivity index (χ3v) is 12.2. The average Bonchev–Trinajstić information content (AvgIpc) is 4.10. The molecule has 3 aromatic heterocycles. The Kier molecular flexibility index (Phi) is 10.9. The van der Waals surface area contributed by atoms with Crippen molar-refractivity contribution in [3.8, 4) is 33.6 Å². The molecule has 1 aliphatic heterocycles. The first-order valence-electron chi connectivity index (χ1n) is 19.9. The summed E-state index contributed by atoms with van der Waals surface area (Å²) >= 11 is 0. The molecule has 3 unspecified atom stereocenters. The summed E-state index contributed by atoms with van der Waals surface area (Å²) in [7, 11) is 2.93. The van der Waals surface area contributed by atoms with E-state index in [4.69, 9.17) is 19.4 Å². The number of hydrogen-bond acceptors (Lipinski definition) is 8. The van der Waals surface area contributed by atoms with E-state index in [1.165, 1.54) is 7.11 Å². The zero-order chi connectivity index (χ0) is 39.6. The minimum Gasteiger partial charge on any atom is -0.453 e. The van der Waals surface area contributed by atoms with Gasteiger partial charge >= 0.3 is 6.09 Å². The first-order chi connectivity index (χ1) is 27.7. The summed E-state index contributed by atoms with van der Waals surface area (Å²) in [4.78, 5) is 61.8. The van der Waals surface area contributed by atoms with Gasteiger partial charge in [0.25, 0.3) is 0 Å². The lowest BCUT2D eigenvalue weighted by molar-refractivity contribution is -0.136. The molecule has 4 N–H and O–H groups in total. The summed E-state index contributed by atoms with van der Waals surface area (Å²) in [5.74, 6) is 2.19. The number of amides is 3. The van der Waals surface area contributed by atoms with Gasteiger partial charge < -0.3 is 35.0 Å². The quantitative estimate of drug-likeness (QED) is 0.110. The van der Waals surface area contributed by atoms with Crippen LogP contribution in [-0.2, 0) is 25.6 Å². The van der Waals surface area contributed by atoms with Crippen LogP contribution >= 0.6 is 0 Å². The molecule has 2 saturated carbocycles. The maximum absolute atomic E-state index is 13.7. The van der Waals surface area contributed by atoms with Crippen molar-refractivity contribution >= 4 is 17.9 Å². The third-order valence-electron chi connectivity index (χ3n) is 12.2. The van der Waals surface area contributed by atoms with Crippen molar-refractivity contribution in [1.82, 2.24) is 40.5 Å². The number of fused-ring (bicyclic) bond motifs is 2. The number of likely N-dealkylation sites (tertiary alicyclic amines) is 1. The monoisotopic (exact) mass is 770 g/mol. The fraction of sp³-hybridized carbons (Fsp3) is 0.409. The number of H-pyrrole nitrogens is 2. The molecule has 0 spiro atoms. The minimum atomic E-state index is -0.744. The summed E-state index contributed by atoms with van der Waals surface area (Å²) in [5, 5.41) is 5.87. The van der Waals surface area contributed by atoms with Crippen LogP contribution in [0.25, 0.3) is 33.6 Å². The number of nitrogens with zero attached hydrogens (tertiary/aromatic N) is 4. The van der Waals surface area contributed by atoms with Crippen LogP contribution in [-0.4, -0.2) is 80.6 Å². The van der Waals surface area contributed by atoms with Gasteiger partial charge in [0.05, 0.1) is 49.0 Å². The van der Waals surface area contributed by atoms with Gasteiger partial charge in [-0.2, -0.15) is 0 Å². The smallest absolute Gasteiger partial charge is 0.407 e. The van der Waals surface area contributed by atoms with Gasteiger partial charge in [-0.15, -0.1) is 0 Å². The number of alkyl carbamates (subject to hydrolysis) is 1. The van der Waals surface area contributed by atoms with Crippen molar-refractivity contribution < 1.29 is 23.9 Å². The van der Waals surface area contributed by atoms with E-state index in [1.807, 2.05) is 32.2 Å². The maximum Gasteiger partial charge on any atom is 0.407 e. The van der Waals surface area contributed by atoms with Gasteiger partial charge in [0.15, 0.2) is 0 Å². The van der Waals surface area contributed by atoms with Crippen LogP contribution in [0.4, 0.5) is 4.79 Å². The second-order valence-corrected chi connectivity index (χ2v) is 15.9. The molecule has 2 bridgehead atoms. The number of pyridine rings is 1. The van der Waals surface area contributed by atoms with E-state index in [1.54, 1.807) is 30.6 Å². The number of methoxy groups -OCH3 is 2. The Bertz CT molecular complexity index is 2180. The topological polar surface area (TPSA) is 167 Å². The molecule has 8 rings (SSSR count). The molecule has 2 aromatic carbocycles. The van der Waals surface area contributed by atoms with Gasteiger partial charge in [0.2, 0.25) is 11.8 Å². The van der Waals surface area contributed by atoms with Gasteiger partial charge in [-0.1, -0.05) is 68.4 Å². The SMILES string of the molecule is COC(=O)N[C@H](C(=O)N1C[C@@H](OC)CC1c1ncc(-c2ccc(-c3ccc(-c4cnc([C@H]5C6CCC(C6)[C@@H]5C(=O)NCc5cccnc5)[nH]4)cc3)cc2)[nH]1)C(C)C. The Morgan fingerprint density at radius 1 is 0.825 bits per heavy atom. The Balaban J connectivity index is 0.930. The molecular formula is C44H50N8O5. The highest BCUT2D eigenvalue weighted by Gasteiger charge is 2.52. The number of imidazole rings is 2. The Labute approximate surface area is 332 Å². The number of nitrogens with one attached hydrogen (secondary N) is 4. The molecule has 2 aliphatic carbocycles. The van der Waals surface area contributed by atoms with Gasteiger partial charge in [-0.3, -0.25) is 14.6 Å². The van der Waals surface area contributed by atoms with Crippen LogP contribution in [0.3, 0.4) is 0 Å². The molecule has 3 aliphatic rings. The highest BCUT2D eigenvalue weighted by Crippen LogP contribution is 2.56. The Morgan fingerprint density at radius 2 is 1.46 bits per heavy atom. The van der Waals surface area contributed by atoms with Crippen molar-refractivity contribution in [2.45, 2.75) is 70.2 Å². The number of ether oxygens (including phenoxy) is 2. The van der Waals surface area contributed by atoms with Gasteiger partial charge in [0.1, 0.15) is 17.7 Å². The van der Waals surface area contributed by atoms with Crippen LogP contribution in [0.2, 0.25) is 0 Å². The third kappa shape index (κ3) is 7.80. The number of rotatable bonds is 12. The number of aromatic nitrogens is 5. The minimum absolute atomic E-state index is 0.0814. The lowest BCUT2D eigenvalue weighted by Crippen LogP contribution is -2.51. The normalized spacial score (nSPS) is 23.1. The number of benzene rings is 2. The van der Waals surface area contributed by atoms with E-state index in [-0.39, 0.29) is 41.7 Å². The Morgan fingerprint density at radius 3 is 2.07 bits per heavy atom. The maximum atomic E-state index is 13.7. The van der Waals surface area contributed by atoms with Gasteiger partial charge in [-0.25, -0.2) is 14.8 Å². The summed E-state index contributed by atoms with van der Waals surface area (Å²) in [6.07, 6.45) is 10.3. The van der Waals surface area contributed by atoms with Gasteiger partial charge in [0, 0.05) is 44.9 Å². The van der Waals surface area contributed by atoms with Crippen LogP contribution < -0.4 is 10.6 Å². The highest BCUT2D eigenvalue weighted by atomic mass is 16.5. The van der Waals surface area contributed by atoms with E-state index in [0.717, 1.165) is 64.3 Å². The predicted octanol–water partition coefficient (Wildman–Crippen LogP) is 6.64. The first-order valence-corrected chi connectivity index (χ1v) is 19.9. The molecule has 7 atom stereocenters. The van der Waals surface area contributed by atoms with E-state index < -0.39 is 12.1 Å². The number of aromatic amines is 2. The van der Waals surface area contributed by atoms with E-state index in [2.05, 4.69) is 74.1 Å². The molecule has 13 heteroatoms. The molecular weight excluding hydrogens is 721 g/mol. The lowest BCUT2D eigenvalue weighted by atomic mass is 9.78. The average molecular weight is 771 g/mol. The number of carbonyl (C=O) groups excluding carboxylic acids is 3. The molecule has 3 amide bonds. The summed E-state index contributed by atoms with van der Waals surface area (Å²) in [5.41, 5.74) is 6.94. The summed E-state index contributed by atoms with van der Waals surface area (Å²) < 4.78 is 10.4. The molecule has 57 heavy (non-hydrogen) atoms.